The monoisotopic (exact) mass is 336 g/mol. The molecule has 0 aliphatic heterocycles. The van der Waals surface area contributed by atoms with Gasteiger partial charge in [0.25, 0.3) is 5.91 Å². The molecule has 7 heteroatoms. The average molecular weight is 337 g/mol. The van der Waals surface area contributed by atoms with Crippen LogP contribution in [0.5, 0.6) is 0 Å². The van der Waals surface area contributed by atoms with Gasteiger partial charge in [-0.05, 0) is 36.8 Å². The highest BCUT2D eigenvalue weighted by atomic mass is 35.5. The highest BCUT2D eigenvalue weighted by Crippen LogP contribution is 2.20. The van der Waals surface area contributed by atoms with Crippen LogP contribution in [0.4, 0.5) is 15.8 Å². The summed E-state index contributed by atoms with van der Waals surface area (Å²) in [7, 11) is 0. The Bertz CT molecular complexity index is 765. The van der Waals surface area contributed by atoms with Crippen molar-refractivity contribution < 1.29 is 18.7 Å². The second-order valence-electron chi connectivity index (χ2n) is 4.78. The van der Waals surface area contributed by atoms with Crippen molar-refractivity contribution in [1.82, 2.24) is 0 Å². The lowest BCUT2D eigenvalue weighted by Crippen LogP contribution is -2.22. The van der Waals surface area contributed by atoms with Gasteiger partial charge in [-0.25, -0.2) is 9.18 Å². The lowest BCUT2D eigenvalue weighted by molar-refractivity contribution is -0.119. The van der Waals surface area contributed by atoms with E-state index in [1.165, 1.54) is 18.2 Å². The second kappa shape index (κ2) is 7.11. The Morgan fingerprint density at radius 2 is 2.04 bits per heavy atom. The summed E-state index contributed by atoms with van der Waals surface area (Å²) < 4.78 is 18.4. The number of anilines is 2. The standard InChI is InChI=1S/C16H14ClFN2O3/c1-9-3-2-4-11(15(9)19)16(22)23-8-14(21)20-13-7-10(17)5-6-12(13)18/h2-7H,8,19H2,1H3,(H,20,21). The number of ether oxygens (including phenoxy) is 1. The molecule has 0 saturated carbocycles. The number of para-hydroxylation sites is 1. The van der Waals surface area contributed by atoms with Gasteiger partial charge >= 0.3 is 5.97 Å². The predicted molar refractivity (Wildman–Crippen MR) is 85.9 cm³/mol. The smallest absolute Gasteiger partial charge is 0.340 e. The molecule has 0 spiro atoms. The molecule has 23 heavy (non-hydrogen) atoms. The highest BCUT2D eigenvalue weighted by molar-refractivity contribution is 6.30. The van der Waals surface area contributed by atoms with Crippen LogP contribution in [0.2, 0.25) is 5.02 Å². The van der Waals surface area contributed by atoms with E-state index < -0.39 is 24.3 Å². The van der Waals surface area contributed by atoms with Gasteiger partial charge in [0, 0.05) is 10.7 Å². The Hall–Kier alpha value is -2.60. The number of nitrogens with one attached hydrogen (secondary N) is 1. The summed E-state index contributed by atoms with van der Waals surface area (Å²) in [6, 6.07) is 8.64. The fourth-order valence-corrected chi connectivity index (χ4v) is 2.02. The van der Waals surface area contributed by atoms with Gasteiger partial charge < -0.3 is 15.8 Å². The van der Waals surface area contributed by atoms with Crippen LogP contribution in [0.3, 0.4) is 0 Å². The number of carbonyl (C=O) groups is 2. The normalized spacial score (nSPS) is 10.2. The van der Waals surface area contributed by atoms with Gasteiger partial charge in [-0.15, -0.1) is 0 Å². The summed E-state index contributed by atoms with van der Waals surface area (Å²) in [4.78, 5) is 23.7. The number of rotatable bonds is 4. The van der Waals surface area contributed by atoms with Crippen LogP contribution < -0.4 is 11.1 Å². The number of carbonyl (C=O) groups excluding carboxylic acids is 2. The number of benzene rings is 2. The third-order valence-corrected chi connectivity index (χ3v) is 3.32. The summed E-state index contributed by atoms with van der Waals surface area (Å²) in [6.45, 7) is 1.18. The Labute approximate surface area is 137 Å². The van der Waals surface area contributed by atoms with Crippen LogP contribution in [0.15, 0.2) is 36.4 Å². The summed E-state index contributed by atoms with van der Waals surface area (Å²) in [5.74, 6) is -2.06. The van der Waals surface area contributed by atoms with Crippen molar-refractivity contribution in [2.75, 3.05) is 17.7 Å². The lowest BCUT2D eigenvalue weighted by Gasteiger charge is -2.09. The van der Waals surface area contributed by atoms with Crippen LogP contribution in [0.25, 0.3) is 0 Å². The molecular weight excluding hydrogens is 323 g/mol. The SMILES string of the molecule is Cc1cccc(C(=O)OCC(=O)Nc2cc(Cl)ccc2F)c1N. The van der Waals surface area contributed by atoms with Gasteiger partial charge in [-0.1, -0.05) is 23.7 Å². The molecule has 0 saturated heterocycles. The van der Waals surface area contributed by atoms with Crippen LogP contribution in [-0.2, 0) is 9.53 Å². The maximum Gasteiger partial charge on any atom is 0.340 e. The molecule has 0 heterocycles. The van der Waals surface area contributed by atoms with E-state index in [-0.39, 0.29) is 16.3 Å². The molecule has 2 rings (SSSR count). The number of nitrogen functional groups attached to an aromatic ring is 1. The van der Waals surface area contributed by atoms with Gasteiger partial charge in [0.15, 0.2) is 6.61 Å². The zero-order valence-corrected chi connectivity index (χ0v) is 13.0. The molecule has 2 aromatic rings. The maximum absolute atomic E-state index is 13.5. The third kappa shape index (κ3) is 4.20. The van der Waals surface area contributed by atoms with Crippen molar-refractivity contribution in [2.24, 2.45) is 0 Å². The quantitative estimate of drug-likeness (QED) is 0.663. The molecular formula is C16H14ClFN2O3. The van der Waals surface area contributed by atoms with Crippen molar-refractivity contribution in [3.05, 3.63) is 58.4 Å². The number of hydrogen-bond donors (Lipinski definition) is 2. The fourth-order valence-electron chi connectivity index (χ4n) is 1.85. The zero-order chi connectivity index (χ0) is 17.0. The van der Waals surface area contributed by atoms with E-state index in [1.807, 2.05) is 0 Å². The van der Waals surface area contributed by atoms with E-state index in [9.17, 15) is 14.0 Å². The number of hydrogen-bond acceptors (Lipinski definition) is 4. The minimum absolute atomic E-state index is 0.0892. The largest absolute Gasteiger partial charge is 0.452 e. The summed E-state index contributed by atoms with van der Waals surface area (Å²) in [5.41, 5.74) is 6.89. The van der Waals surface area contributed by atoms with E-state index in [0.29, 0.717) is 5.69 Å². The van der Waals surface area contributed by atoms with Gasteiger partial charge in [-0.2, -0.15) is 0 Å². The first-order valence-corrected chi connectivity index (χ1v) is 7.03. The second-order valence-corrected chi connectivity index (χ2v) is 5.22. The van der Waals surface area contributed by atoms with Crippen LogP contribution in [0, 0.1) is 12.7 Å². The maximum atomic E-state index is 13.5. The summed E-state index contributed by atoms with van der Waals surface area (Å²) in [5, 5.41) is 2.55. The summed E-state index contributed by atoms with van der Waals surface area (Å²) in [6.07, 6.45) is 0. The molecule has 5 nitrogen and oxygen atoms in total. The molecule has 0 aromatic heterocycles. The molecule has 0 atom stereocenters. The average Bonchev–Trinajstić information content (AvgIpc) is 2.51. The molecule has 120 valence electrons. The first-order valence-electron chi connectivity index (χ1n) is 6.65. The Kier molecular flexibility index (Phi) is 5.18. The van der Waals surface area contributed by atoms with E-state index >= 15 is 0 Å². The molecule has 1 amide bonds. The minimum atomic E-state index is -0.729. The van der Waals surface area contributed by atoms with Gasteiger partial charge in [0.05, 0.1) is 11.3 Å². The number of esters is 1. The summed E-state index contributed by atoms with van der Waals surface area (Å²) >= 11 is 5.72. The number of nitrogens with two attached hydrogens (primary N) is 1. The van der Waals surface area contributed by atoms with Gasteiger partial charge in [0.1, 0.15) is 5.82 Å². The third-order valence-electron chi connectivity index (χ3n) is 3.08. The fraction of sp³-hybridized carbons (Fsp3) is 0.125. The number of halogens is 2. The number of amides is 1. The Morgan fingerprint density at radius 1 is 1.30 bits per heavy atom. The van der Waals surface area contributed by atoms with Crippen molar-refractivity contribution >= 4 is 34.9 Å². The lowest BCUT2D eigenvalue weighted by atomic mass is 10.1. The first-order chi connectivity index (χ1) is 10.9. The number of aryl methyl sites for hydroxylation is 1. The zero-order valence-electron chi connectivity index (χ0n) is 12.2. The molecule has 0 radical (unpaired) electrons. The first kappa shape index (κ1) is 16.8. The van der Waals surface area contributed by atoms with Crippen molar-refractivity contribution in [2.45, 2.75) is 6.92 Å². The van der Waals surface area contributed by atoms with E-state index in [0.717, 1.165) is 11.6 Å². The molecule has 0 fully saturated rings. The van der Waals surface area contributed by atoms with Gasteiger partial charge in [0.2, 0.25) is 0 Å². The van der Waals surface area contributed by atoms with Crippen molar-refractivity contribution in [3.8, 4) is 0 Å². The predicted octanol–water partition coefficient (Wildman–Crippen LogP) is 3.17. The minimum Gasteiger partial charge on any atom is -0.452 e. The van der Waals surface area contributed by atoms with Crippen LogP contribution >= 0.6 is 11.6 Å². The Morgan fingerprint density at radius 3 is 2.78 bits per heavy atom. The van der Waals surface area contributed by atoms with Crippen LogP contribution in [0.1, 0.15) is 15.9 Å². The molecule has 2 aromatic carbocycles. The van der Waals surface area contributed by atoms with E-state index in [1.54, 1.807) is 19.1 Å². The topological polar surface area (TPSA) is 81.4 Å². The van der Waals surface area contributed by atoms with Gasteiger partial charge in [-0.3, -0.25) is 4.79 Å². The van der Waals surface area contributed by atoms with Crippen molar-refractivity contribution in [1.29, 1.82) is 0 Å². The molecule has 0 aliphatic carbocycles. The molecule has 0 unspecified atom stereocenters. The molecule has 0 bridgehead atoms. The molecule has 3 N–H and O–H groups in total. The van der Waals surface area contributed by atoms with Crippen molar-refractivity contribution in [3.63, 3.8) is 0 Å². The Balaban J connectivity index is 1.98. The highest BCUT2D eigenvalue weighted by Gasteiger charge is 2.15. The van der Waals surface area contributed by atoms with E-state index in [2.05, 4.69) is 5.32 Å². The van der Waals surface area contributed by atoms with Crippen LogP contribution in [-0.4, -0.2) is 18.5 Å². The molecule has 0 aliphatic rings. The van der Waals surface area contributed by atoms with E-state index in [4.69, 9.17) is 22.1 Å².